The van der Waals surface area contributed by atoms with Crippen LogP contribution in [0.1, 0.15) is 38.8 Å². The molecule has 1 aromatic rings. The van der Waals surface area contributed by atoms with Gasteiger partial charge in [-0.25, -0.2) is 0 Å². The van der Waals surface area contributed by atoms with Gasteiger partial charge in [0.05, 0.1) is 0 Å². The van der Waals surface area contributed by atoms with Crippen molar-refractivity contribution in [2.24, 2.45) is 0 Å². The third kappa shape index (κ3) is 3.41. The van der Waals surface area contributed by atoms with Crippen LogP contribution in [0, 0.1) is 0 Å². The quantitative estimate of drug-likeness (QED) is 0.640. The van der Waals surface area contributed by atoms with Gasteiger partial charge in [-0.15, -0.1) is 0 Å². The minimum absolute atomic E-state index is 0.524. The average Bonchev–Trinajstić information content (AvgIpc) is 2.15. The van der Waals surface area contributed by atoms with Gasteiger partial charge in [0, 0.05) is 17.8 Å². The van der Waals surface area contributed by atoms with Gasteiger partial charge >= 0.3 is 0 Å². The molecule has 1 nitrogen and oxygen atoms in total. The lowest BCUT2D eigenvalue weighted by Crippen LogP contribution is -1.94. The monoisotopic (exact) mass is 175 g/mol. The predicted molar refractivity (Wildman–Crippen MR) is 56.7 cm³/mol. The lowest BCUT2D eigenvalue weighted by Gasteiger charge is -2.07. The topological polar surface area (TPSA) is 12.9 Å². The zero-order valence-corrected chi connectivity index (χ0v) is 8.62. The minimum atomic E-state index is 0.524. The number of allylic oxidation sites excluding steroid dienone is 2. The van der Waals surface area contributed by atoms with E-state index in [9.17, 15) is 0 Å². The first-order valence-corrected chi connectivity index (χ1v) is 4.74. The van der Waals surface area contributed by atoms with E-state index >= 15 is 0 Å². The van der Waals surface area contributed by atoms with Gasteiger partial charge in [-0.3, -0.25) is 4.98 Å². The minimum Gasteiger partial charge on any atom is -0.261 e. The number of hydrogen-bond donors (Lipinski definition) is 0. The highest BCUT2D eigenvalue weighted by Gasteiger charge is 2.03. The fraction of sp³-hybridized carbons (Fsp3) is 0.417. The summed E-state index contributed by atoms with van der Waals surface area (Å²) in [6.07, 6.45) is 5.20. The third-order valence-electron chi connectivity index (χ3n) is 2.07. The Labute approximate surface area is 80.5 Å². The van der Waals surface area contributed by atoms with E-state index in [0.29, 0.717) is 5.92 Å². The molecule has 0 saturated carbocycles. The fourth-order valence-corrected chi connectivity index (χ4v) is 1.20. The SMILES string of the molecule is CC(C)=CC[C@H](C)c1ccccn1. The molecule has 0 aliphatic heterocycles. The summed E-state index contributed by atoms with van der Waals surface area (Å²) in [6, 6.07) is 6.09. The Morgan fingerprint density at radius 1 is 1.46 bits per heavy atom. The highest BCUT2D eigenvalue weighted by Crippen LogP contribution is 2.17. The van der Waals surface area contributed by atoms with Crippen molar-refractivity contribution in [1.29, 1.82) is 0 Å². The third-order valence-corrected chi connectivity index (χ3v) is 2.07. The summed E-state index contributed by atoms with van der Waals surface area (Å²) in [7, 11) is 0. The van der Waals surface area contributed by atoms with E-state index in [1.165, 1.54) is 11.3 Å². The maximum absolute atomic E-state index is 4.33. The largest absolute Gasteiger partial charge is 0.261 e. The van der Waals surface area contributed by atoms with E-state index in [2.05, 4.69) is 37.9 Å². The molecule has 0 aliphatic carbocycles. The van der Waals surface area contributed by atoms with Crippen molar-refractivity contribution in [3.63, 3.8) is 0 Å². The van der Waals surface area contributed by atoms with E-state index in [-0.39, 0.29) is 0 Å². The van der Waals surface area contributed by atoms with Gasteiger partial charge in [-0.1, -0.05) is 24.6 Å². The Morgan fingerprint density at radius 3 is 2.77 bits per heavy atom. The van der Waals surface area contributed by atoms with Gasteiger partial charge < -0.3 is 0 Å². The van der Waals surface area contributed by atoms with Crippen LogP contribution >= 0.6 is 0 Å². The molecule has 0 N–H and O–H groups in total. The van der Waals surface area contributed by atoms with Gasteiger partial charge in [-0.2, -0.15) is 0 Å². The summed E-state index contributed by atoms with van der Waals surface area (Å²) >= 11 is 0. The van der Waals surface area contributed by atoms with E-state index in [0.717, 1.165) is 6.42 Å². The smallest absolute Gasteiger partial charge is 0.0434 e. The van der Waals surface area contributed by atoms with Crippen molar-refractivity contribution in [2.45, 2.75) is 33.1 Å². The van der Waals surface area contributed by atoms with Crippen molar-refractivity contribution < 1.29 is 0 Å². The lowest BCUT2D eigenvalue weighted by atomic mass is 10.0. The van der Waals surface area contributed by atoms with Crippen molar-refractivity contribution in [3.8, 4) is 0 Å². The molecular weight excluding hydrogens is 158 g/mol. The molecule has 0 aromatic carbocycles. The van der Waals surface area contributed by atoms with E-state index < -0.39 is 0 Å². The van der Waals surface area contributed by atoms with Gasteiger partial charge in [0.1, 0.15) is 0 Å². The number of aromatic nitrogens is 1. The van der Waals surface area contributed by atoms with Crippen LogP contribution < -0.4 is 0 Å². The van der Waals surface area contributed by atoms with E-state index in [1.807, 2.05) is 18.3 Å². The van der Waals surface area contributed by atoms with Gasteiger partial charge in [0.15, 0.2) is 0 Å². The molecule has 0 saturated heterocycles. The first-order chi connectivity index (χ1) is 6.20. The van der Waals surface area contributed by atoms with Crippen molar-refractivity contribution in [1.82, 2.24) is 4.98 Å². The normalized spacial score (nSPS) is 12.2. The molecule has 0 bridgehead atoms. The summed E-state index contributed by atoms with van der Waals surface area (Å²) in [5.41, 5.74) is 2.56. The first-order valence-electron chi connectivity index (χ1n) is 4.74. The molecule has 0 radical (unpaired) electrons. The molecule has 1 rings (SSSR count). The zero-order chi connectivity index (χ0) is 9.68. The van der Waals surface area contributed by atoms with Crippen LogP contribution in [-0.2, 0) is 0 Å². The number of nitrogens with zero attached hydrogens (tertiary/aromatic N) is 1. The summed E-state index contributed by atoms with van der Waals surface area (Å²) in [5, 5.41) is 0. The fourth-order valence-electron chi connectivity index (χ4n) is 1.20. The van der Waals surface area contributed by atoms with Crippen LogP contribution in [-0.4, -0.2) is 4.98 Å². The number of rotatable bonds is 3. The second-order valence-electron chi connectivity index (χ2n) is 3.67. The molecule has 1 heterocycles. The molecule has 1 aromatic heterocycles. The molecule has 1 heteroatoms. The Kier molecular flexibility index (Phi) is 3.69. The standard InChI is InChI=1S/C12H17N/c1-10(2)7-8-11(3)12-6-4-5-9-13-12/h4-7,9,11H,8H2,1-3H3/t11-/m0/s1. The van der Waals surface area contributed by atoms with Crippen molar-refractivity contribution in [3.05, 3.63) is 41.7 Å². The van der Waals surface area contributed by atoms with Crippen molar-refractivity contribution in [2.75, 3.05) is 0 Å². The Bertz CT molecular complexity index is 270. The molecule has 0 amide bonds. The van der Waals surface area contributed by atoms with E-state index in [4.69, 9.17) is 0 Å². The first kappa shape index (κ1) is 9.97. The maximum atomic E-state index is 4.33. The Morgan fingerprint density at radius 2 is 2.23 bits per heavy atom. The van der Waals surface area contributed by atoms with Crippen LogP contribution in [0.3, 0.4) is 0 Å². The second kappa shape index (κ2) is 4.80. The molecule has 0 aliphatic rings. The van der Waals surface area contributed by atoms with Gasteiger partial charge in [-0.05, 0) is 32.4 Å². The highest BCUT2D eigenvalue weighted by molar-refractivity contribution is 5.10. The molecule has 0 spiro atoms. The van der Waals surface area contributed by atoms with Crippen LogP contribution in [0.2, 0.25) is 0 Å². The molecular formula is C12H17N. The summed E-state index contributed by atoms with van der Waals surface area (Å²) in [6.45, 7) is 6.47. The van der Waals surface area contributed by atoms with E-state index in [1.54, 1.807) is 0 Å². The van der Waals surface area contributed by atoms with Crippen LogP contribution in [0.4, 0.5) is 0 Å². The predicted octanol–water partition coefficient (Wildman–Crippen LogP) is 3.54. The molecule has 1 atom stereocenters. The summed E-state index contributed by atoms with van der Waals surface area (Å²) in [5.74, 6) is 0.524. The molecule has 13 heavy (non-hydrogen) atoms. The van der Waals surface area contributed by atoms with Crippen LogP contribution in [0.5, 0.6) is 0 Å². The van der Waals surface area contributed by atoms with Gasteiger partial charge in [0.25, 0.3) is 0 Å². The average molecular weight is 175 g/mol. The summed E-state index contributed by atoms with van der Waals surface area (Å²) < 4.78 is 0. The van der Waals surface area contributed by atoms with Gasteiger partial charge in [0.2, 0.25) is 0 Å². The maximum Gasteiger partial charge on any atom is 0.0434 e. The molecule has 0 fully saturated rings. The van der Waals surface area contributed by atoms with Crippen molar-refractivity contribution >= 4 is 0 Å². The molecule has 0 unspecified atom stereocenters. The second-order valence-corrected chi connectivity index (χ2v) is 3.67. The Balaban J connectivity index is 2.59. The Hall–Kier alpha value is -1.11. The van der Waals surface area contributed by atoms with Crippen LogP contribution in [0.25, 0.3) is 0 Å². The lowest BCUT2D eigenvalue weighted by molar-refractivity contribution is 0.746. The highest BCUT2D eigenvalue weighted by atomic mass is 14.7. The van der Waals surface area contributed by atoms with Crippen LogP contribution in [0.15, 0.2) is 36.0 Å². The number of hydrogen-bond acceptors (Lipinski definition) is 1. The summed E-state index contributed by atoms with van der Waals surface area (Å²) in [4.78, 5) is 4.33. The number of pyridine rings is 1. The molecule has 70 valence electrons. The zero-order valence-electron chi connectivity index (χ0n) is 8.62.